The van der Waals surface area contributed by atoms with E-state index in [1.54, 1.807) is 0 Å². The lowest BCUT2D eigenvalue weighted by Crippen LogP contribution is -2.49. The Labute approximate surface area is 132 Å². The van der Waals surface area contributed by atoms with Gasteiger partial charge in [-0.25, -0.2) is 0 Å². The lowest BCUT2D eigenvalue weighted by molar-refractivity contribution is -0.132. The molecule has 2 nitrogen and oxygen atoms in total. The van der Waals surface area contributed by atoms with Crippen LogP contribution in [-0.4, -0.2) is 26.4 Å². The van der Waals surface area contributed by atoms with E-state index in [4.69, 9.17) is 9.47 Å². The molecule has 1 rings (SSSR count). The first-order chi connectivity index (χ1) is 10.1. The average Bonchev–Trinajstić information content (AvgIpc) is 2.46. The lowest BCUT2D eigenvalue weighted by atomic mass is 9.69. The number of ether oxygens (including phenoxy) is 2. The van der Waals surface area contributed by atoms with Crippen molar-refractivity contribution >= 4 is 0 Å². The van der Waals surface area contributed by atoms with Crippen LogP contribution in [0, 0.1) is 11.3 Å². The molecule has 0 aromatic heterocycles. The first kappa shape index (κ1) is 18.7. The maximum absolute atomic E-state index is 5.78. The molecule has 0 amide bonds. The second-order valence-electron chi connectivity index (χ2n) is 7.18. The molecular weight excluding hydrogens is 260 g/mol. The van der Waals surface area contributed by atoms with E-state index in [1.807, 2.05) is 14.2 Å². The molecule has 0 aromatic rings. The summed E-state index contributed by atoms with van der Waals surface area (Å²) in [5.74, 6) is 0.503. The molecule has 0 aliphatic heterocycles. The third-order valence-corrected chi connectivity index (χ3v) is 5.00. The Bertz CT molecular complexity index is 296. The minimum Gasteiger partial charge on any atom is -0.378 e. The Morgan fingerprint density at radius 1 is 1.05 bits per heavy atom. The second kappa shape index (κ2) is 9.63. The van der Waals surface area contributed by atoms with Crippen molar-refractivity contribution in [2.75, 3.05) is 14.2 Å². The van der Waals surface area contributed by atoms with E-state index in [9.17, 15) is 0 Å². The van der Waals surface area contributed by atoms with Crippen LogP contribution in [0.4, 0.5) is 0 Å². The first-order valence-electron chi connectivity index (χ1n) is 8.79. The standard InChI is InChI=1S/C19H36O2/c1-6-7-8-9-10-11-12-13-16-14-15-19(2,3)18(21-5)17(16)20-4/h12-13,16-18H,6-11,14-15H2,1-5H3/b13-12+/t16-,17-,18+/m1/s1. The molecule has 0 heterocycles. The van der Waals surface area contributed by atoms with Crippen molar-refractivity contribution in [2.24, 2.45) is 11.3 Å². The Morgan fingerprint density at radius 2 is 1.76 bits per heavy atom. The van der Waals surface area contributed by atoms with Gasteiger partial charge in [-0.1, -0.05) is 58.6 Å². The zero-order valence-electron chi connectivity index (χ0n) is 14.9. The van der Waals surface area contributed by atoms with Crippen LogP contribution in [0.5, 0.6) is 0 Å². The highest BCUT2D eigenvalue weighted by molar-refractivity contribution is 5.02. The number of rotatable bonds is 9. The molecule has 2 heteroatoms. The zero-order valence-corrected chi connectivity index (χ0v) is 14.9. The van der Waals surface area contributed by atoms with E-state index in [0.717, 1.165) is 0 Å². The fraction of sp³-hybridized carbons (Fsp3) is 0.895. The van der Waals surface area contributed by atoms with Crippen LogP contribution in [-0.2, 0) is 9.47 Å². The SMILES string of the molecule is CCCCCCC/C=C/[C@@H]1CCC(C)(C)[C@@H](OC)[C@@H]1OC. The molecule has 0 saturated heterocycles. The van der Waals surface area contributed by atoms with Crippen LogP contribution in [0.15, 0.2) is 12.2 Å². The summed E-state index contributed by atoms with van der Waals surface area (Å²) in [6.45, 7) is 6.85. The Hall–Kier alpha value is -0.340. The molecule has 1 aliphatic rings. The Balaban J connectivity index is 2.43. The van der Waals surface area contributed by atoms with Gasteiger partial charge in [-0.05, 0) is 31.1 Å². The molecule has 0 bridgehead atoms. The molecule has 1 saturated carbocycles. The van der Waals surface area contributed by atoms with Crippen LogP contribution in [0.25, 0.3) is 0 Å². The van der Waals surface area contributed by atoms with Crippen molar-refractivity contribution in [3.8, 4) is 0 Å². The molecule has 124 valence electrons. The molecule has 0 aromatic carbocycles. The number of unbranched alkanes of at least 4 members (excludes halogenated alkanes) is 5. The molecular formula is C19H36O2. The van der Waals surface area contributed by atoms with Gasteiger partial charge in [0.15, 0.2) is 0 Å². The van der Waals surface area contributed by atoms with Gasteiger partial charge in [0.1, 0.15) is 0 Å². The topological polar surface area (TPSA) is 18.5 Å². The van der Waals surface area contributed by atoms with Gasteiger partial charge in [-0.3, -0.25) is 0 Å². The minimum atomic E-state index is 0.190. The van der Waals surface area contributed by atoms with E-state index in [2.05, 4.69) is 32.9 Å². The highest BCUT2D eigenvalue weighted by atomic mass is 16.5. The summed E-state index contributed by atoms with van der Waals surface area (Å²) in [6, 6.07) is 0. The van der Waals surface area contributed by atoms with Gasteiger partial charge in [0.25, 0.3) is 0 Å². The lowest BCUT2D eigenvalue weighted by Gasteiger charge is -2.45. The molecule has 0 spiro atoms. The summed E-state index contributed by atoms with van der Waals surface area (Å²) >= 11 is 0. The van der Waals surface area contributed by atoms with Gasteiger partial charge < -0.3 is 9.47 Å². The molecule has 1 aliphatic carbocycles. The summed E-state index contributed by atoms with van der Waals surface area (Å²) in [5, 5.41) is 0. The fourth-order valence-corrected chi connectivity index (χ4v) is 3.61. The smallest absolute Gasteiger partial charge is 0.0900 e. The fourth-order valence-electron chi connectivity index (χ4n) is 3.61. The number of methoxy groups -OCH3 is 2. The third-order valence-electron chi connectivity index (χ3n) is 5.00. The summed E-state index contributed by atoms with van der Waals surface area (Å²) in [7, 11) is 3.64. The van der Waals surface area contributed by atoms with E-state index in [0.29, 0.717) is 5.92 Å². The minimum absolute atomic E-state index is 0.190. The van der Waals surface area contributed by atoms with Crippen molar-refractivity contribution in [1.82, 2.24) is 0 Å². The molecule has 21 heavy (non-hydrogen) atoms. The van der Waals surface area contributed by atoms with Crippen LogP contribution in [0.2, 0.25) is 0 Å². The van der Waals surface area contributed by atoms with Crippen molar-refractivity contribution in [2.45, 2.75) is 84.3 Å². The van der Waals surface area contributed by atoms with E-state index < -0.39 is 0 Å². The Kier molecular flexibility index (Phi) is 8.58. The van der Waals surface area contributed by atoms with Crippen molar-refractivity contribution in [3.05, 3.63) is 12.2 Å². The van der Waals surface area contributed by atoms with E-state index >= 15 is 0 Å². The van der Waals surface area contributed by atoms with Crippen LogP contribution < -0.4 is 0 Å². The third kappa shape index (κ3) is 5.75. The highest BCUT2D eigenvalue weighted by Crippen LogP contribution is 2.41. The van der Waals surface area contributed by atoms with Crippen LogP contribution >= 0.6 is 0 Å². The predicted octanol–water partition coefficient (Wildman–Crippen LogP) is 5.37. The summed E-state index contributed by atoms with van der Waals surface area (Å²) in [4.78, 5) is 0. The van der Waals surface area contributed by atoms with Crippen LogP contribution in [0.1, 0.15) is 72.1 Å². The van der Waals surface area contributed by atoms with Gasteiger partial charge in [0.2, 0.25) is 0 Å². The monoisotopic (exact) mass is 296 g/mol. The zero-order chi connectivity index (χ0) is 15.7. The first-order valence-corrected chi connectivity index (χ1v) is 8.79. The van der Waals surface area contributed by atoms with Gasteiger partial charge in [0.05, 0.1) is 12.2 Å². The second-order valence-corrected chi connectivity index (χ2v) is 7.18. The molecule has 3 atom stereocenters. The van der Waals surface area contributed by atoms with Crippen molar-refractivity contribution < 1.29 is 9.47 Å². The number of allylic oxidation sites excluding steroid dienone is 1. The summed E-state index contributed by atoms with van der Waals surface area (Å²) in [6.07, 6.45) is 15.5. The number of hydrogen-bond donors (Lipinski definition) is 0. The number of hydrogen-bond acceptors (Lipinski definition) is 2. The molecule has 0 unspecified atom stereocenters. The van der Waals surface area contributed by atoms with Crippen molar-refractivity contribution in [3.63, 3.8) is 0 Å². The molecule has 0 radical (unpaired) electrons. The largest absolute Gasteiger partial charge is 0.378 e. The molecule has 0 N–H and O–H groups in total. The van der Waals surface area contributed by atoms with Gasteiger partial charge in [-0.2, -0.15) is 0 Å². The quantitative estimate of drug-likeness (QED) is 0.421. The summed E-state index contributed by atoms with van der Waals surface area (Å²) in [5.41, 5.74) is 0.208. The predicted molar refractivity (Wildman–Crippen MR) is 90.6 cm³/mol. The maximum Gasteiger partial charge on any atom is 0.0900 e. The highest BCUT2D eigenvalue weighted by Gasteiger charge is 2.43. The Morgan fingerprint density at radius 3 is 2.38 bits per heavy atom. The van der Waals surface area contributed by atoms with Crippen LogP contribution in [0.3, 0.4) is 0 Å². The van der Waals surface area contributed by atoms with Gasteiger partial charge in [-0.15, -0.1) is 0 Å². The average molecular weight is 296 g/mol. The maximum atomic E-state index is 5.78. The van der Waals surface area contributed by atoms with Gasteiger partial charge >= 0.3 is 0 Å². The van der Waals surface area contributed by atoms with E-state index in [1.165, 1.54) is 51.4 Å². The normalized spacial score (nSPS) is 29.1. The molecule has 1 fully saturated rings. The van der Waals surface area contributed by atoms with E-state index in [-0.39, 0.29) is 17.6 Å². The summed E-state index contributed by atoms with van der Waals surface area (Å²) < 4.78 is 11.5. The van der Waals surface area contributed by atoms with Crippen molar-refractivity contribution in [1.29, 1.82) is 0 Å². The van der Waals surface area contributed by atoms with Gasteiger partial charge in [0, 0.05) is 20.1 Å².